The summed E-state index contributed by atoms with van der Waals surface area (Å²) in [6.07, 6.45) is 2.53. The maximum absolute atomic E-state index is 5.93. The zero-order valence-electron chi connectivity index (χ0n) is 10.2. The average molecular weight is 263 g/mol. The van der Waals surface area contributed by atoms with Gasteiger partial charge in [-0.05, 0) is 36.5 Å². The van der Waals surface area contributed by atoms with E-state index in [2.05, 4.69) is 12.1 Å². The van der Waals surface area contributed by atoms with Crippen LogP contribution in [0.5, 0.6) is 0 Å². The molecular weight excluding hydrogens is 248 g/mol. The van der Waals surface area contributed by atoms with Crippen LogP contribution < -0.4 is 5.73 Å². The van der Waals surface area contributed by atoms with Crippen LogP contribution in [0.25, 0.3) is 11.1 Å². The number of benzene rings is 1. The standard InChI is InChI=1S/C14H15ClN2O/c1-8(9-2-3-9)13-12(14(16)17-18-13)10-4-6-11(15)7-5-10/h4-9H,2-3H2,1H3,(H2,16,17). The van der Waals surface area contributed by atoms with Crippen LogP contribution in [0.3, 0.4) is 0 Å². The lowest BCUT2D eigenvalue weighted by atomic mass is 9.95. The summed E-state index contributed by atoms with van der Waals surface area (Å²) < 4.78 is 5.44. The van der Waals surface area contributed by atoms with Gasteiger partial charge in [0.15, 0.2) is 5.82 Å². The predicted molar refractivity (Wildman–Crippen MR) is 72.5 cm³/mol. The molecule has 1 fully saturated rings. The third-order valence-electron chi connectivity index (χ3n) is 3.62. The number of hydrogen-bond donors (Lipinski definition) is 1. The highest BCUT2D eigenvalue weighted by atomic mass is 35.5. The molecule has 0 saturated heterocycles. The molecule has 1 unspecified atom stereocenters. The SMILES string of the molecule is CC(c1onc(N)c1-c1ccc(Cl)cc1)C1CC1. The molecule has 2 N–H and O–H groups in total. The van der Waals surface area contributed by atoms with Crippen LogP contribution in [0.1, 0.15) is 31.4 Å². The van der Waals surface area contributed by atoms with Crippen molar-refractivity contribution in [3.05, 3.63) is 35.0 Å². The lowest BCUT2D eigenvalue weighted by Crippen LogP contribution is -1.97. The second kappa shape index (κ2) is 4.32. The molecule has 18 heavy (non-hydrogen) atoms. The van der Waals surface area contributed by atoms with E-state index < -0.39 is 0 Å². The highest BCUT2D eigenvalue weighted by molar-refractivity contribution is 6.30. The van der Waals surface area contributed by atoms with E-state index in [1.807, 2.05) is 24.3 Å². The molecule has 0 amide bonds. The Bertz CT molecular complexity index is 558. The fourth-order valence-electron chi connectivity index (χ4n) is 2.34. The molecule has 4 heteroatoms. The Morgan fingerprint density at radius 1 is 1.33 bits per heavy atom. The van der Waals surface area contributed by atoms with E-state index in [4.69, 9.17) is 21.9 Å². The third-order valence-corrected chi connectivity index (χ3v) is 3.87. The molecule has 3 nitrogen and oxygen atoms in total. The quantitative estimate of drug-likeness (QED) is 0.906. The van der Waals surface area contributed by atoms with Gasteiger partial charge in [-0.25, -0.2) is 0 Å². The summed E-state index contributed by atoms with van der Waals surface area (Å²) in [5.74, 6) is 2.45. The van der Waals surface area contributed by atoms with E-state index in [0.717, 1.165) is 16.9 Å². The fraction of sp³-hybridized carbons (Fsp3) is 0.357. The molecule has 0 radical (unpaired) electrons. The Morgan fingerprint density at radius 3 is 2.61 bits per heavy atom. The van der Waals surface area contributed by atoms with Gasteiger partial charge >= 0.3 is 0 Å². The van der Waals surface area contributed by atoms with Crippen LogP contribution in [0.2, 0.25) is 5.02 Å². The highest BCUT2D eigenvalue weighted by Gasteiger charge is 2.34. The second-order valence-corrected chi connectivity index (χ2v) is 5.38. The van der Waals surface area contributed by atoms with E-state index in [1.165, 1.54) is 12.8 Å². The van der Waals surface area contributed by atoms with Crippen LogP contribution in [-0.4, -0.2) is 5.16 Å². The molecule has 94 valence electrons. The molecule has 1 aromatic carbocycles. The van der Waals surface area contributed by atoms with Crippen molar-refractivity contribution in [1.29, 1.82) is 0 Å². The van der Waals surface area contributed by atoms with Gasteiger partial charge in [-0.3, -0.25) is 0 Å². The van der Waals surface area contributed by atoms with E-state index in [-0.39, 0.29) is 0 Å². The van der Waals surface area contributed by atoms with Crippen molar-refractivity contribution < 1.29 is 4.52 Å². The van der Waals surface area contributed by atoms with E-state index in [0.29, 0.717) is 22.7 Å². The van der Waals surface area contributed by atoms with Gasteiger partial charge in [-0.15, -0.1) is 0 Å². The van der Waals surface area contributed by atoms with Crippen molar-refractivity contribution in [2.75, 3.05) is 5.73 Å². The van der Waals surface area contributed by atoms with Crippen LogP contribution in [0.4, 0.5) is 5.82 Å². The van der Waals surface area contributed by atoms with Crippen molar-refractivity contribution in [3.63, 3.8) is 0 Å². The van der Waals surface area contributed by atoms with Gasteiger partial charge in [0, 0.05) is 10.9 Å². The maximum atomic E-state index is 5.93. The maximum Gasteiger partial charge on any atom is 0.175 e. The number of nitrogens with two attached hydrogens (primary N) is 1. The molecule has 1 heterocycles. The molecule has 1 aliphatic rings. The van der Waals surface area contributed by atoms with E-state index >= 15 is 0 Å². The monoisotopic (exact) mass is 262 g/mol. The Labute approximate surface area is 111 Å². The summed E-state index contributed by atoms with van der Waals surface area (Å²) >= 11 is 5.91. The zero-order valence-corrected chi connectivity index (χ0v) is 10.9. The molecule has 1 atom stereocenters. The third kappa shape index (κ3) is 1.99. The van der Waals surface area contributed by atoms with Gasteiger partial charge in [0.05, 0.1) is 5.56 Å². The lowest BCUT2D eigenvalue weighted by Gasteiger charge is -2.08. The lowest BCUT2D eigenvalue weighted by molar-refractivity contribution is 0.358. The Balaban J connectivity index is 2.04. The van der Waals surface area contributed by atoms with Gasteiger partial charge in [-0.1, -0.05) is 35.8 Å². The van der Waals surface area contributed by atoms with Crippen LogP contribution >= 0.6 is 11.6 Å². The number of halogens is 1. The fourth-order valence-corrected chi connectivity index (χ4v) is 2.47. The summed E-state index contributed by atoms with van der Waals surface area (Å²) in [7, 11) is 0. The Kier molecular flexibility index (Phi) is 2.78. The number of rotatable bonds is 3. The molecule has 1 aromatic heterocycles. The van der Waals surface area contributed by atoms with Crippen molar-refractivity contribution >= 4 is 17.4 Å². The minimum Gasteiger partial charge on any atom is -0.380 e. The van der Waals surface area contributed by atoms with Gasteiger partial charge in [0.1, 0.15) is 5.76 Å². The molecule has 1 saturated carbocycles. The van der Waals surface area contributed by atoms with Gasteiger partial charge in [0.2, 0.25) is 0 Å². The van der Waals surface area contributed by atoms with Gasteiger partial charge in [-0.2, -0.15) is 0 Å². The molecule has 2 aromatic rings. The van der Waals surface area contributed by atoms with Crippen molar-refractivity contribution in [2.45, 2.75) is 25.7 Å². The average Bonchev–Trinajstić information content (AvgIpc) is 3.14. The van der Waals surface area contributed by atoms with Crippen LogP contribution in [0, 0.1) is 5.92 Å². The summed E-state index contributed by atoms with van der Waals surface area (Å²) in [5.41, 5.74) is 7.87. The largest absolute Gasteiger partial charge is 0.380 e. The van der Waals surface area contributed by atoms with Crippen molar-refractivity contribution in [1.82, 2.24) is 5.16 Å². The molecule has 3 rings (SSSR count). The molecule has 0 spiro atoms. The first-order valence-electron chi connectivity index (χ1n) is 6.18. The topological polar surface area (TPSA) is 52.0 Å². The number of aromatic nitrogens is 1. The normalized spacial score (nSPS) is 16.8. The summed E-state index contributed by atoms with van der Waals surface area (Å²) in [6.45, 7) is 2.18. The first kappa shape index (κ1) is 11.6. The van der Waals surface area contributed by atoms with Crippen LogP contribution in [0.15, 0.2) is 28.8 Å². The molecule has 1 aliphatic carbocycles. The first-order chi connectivity index (χ1) is 8.66. The minimum absolute atomic E-state index is 0.375. The molecule has 0 aliphatic heterocycles. The Morgan fingerprint density at radius 2 is 2.00 bits per heavy atom. The number of nitrogen functional groups attached to an aromatic ring is 1. The smallest absolute Gasteiger partial charge is 0.175 e. The van der Waals surface area contributed by atoms with Gasteiger partial charge in [0.25, 0.3) is 0 Å². The van der Waals surface area contributed by atoms with Gasteiger partial charge < -0.3 is 10.3 Å². The number of nitrogens with zero attached hydrogens (tertiary/aromatic N) is 1. The summed E-state index contributed by atoms with van der Waals surface area (Å²) in [5, 5.41) is 4.63. The summed E-state index contributed by atoms with van der Waals surface area (Å²) in [4.78, 5) is 0. The minimum atomic E-state index is 0.375. The zero-order chi connectivity index (χ0) is 12.7. The van der Waals surface area contributed by atoms with E-state index in [9.17, 15) is 0 Å². The molecule has 0 bridgehead atoms. The predicted octanol–water partition coefficient (Wildman–Crippen LogP) is 4.09. The highest BCUT2D eigenvalue weighted by Crippen LogP contribution is 2.46. The van der Waals surface area contributed by atoms with Crippen LogP contribution in [-0.2, 0) is 0 Å². The van der Waals surface area contributed by atoms with E-state index in [1.54, 1.807) is 0 Å². The number of anilines is 1. The first-order valence-corrected chi connectivity index (χ1v) is 6.55. The Hall–Kier alpha value is -1.48. The summed E-state index contributed by atoms with van der Waals surface area (Å²) in [6, 6.07) is 7.62. The van der Waals surface area contributed by atoms with Crippen molar-refractivity contribution in [2.24, 2.45) is 5.92 Å². The second-order valence-electron chi connectivity index (χ2n) is 4.94. The molecular formula is C14H15ClN2O. The van der Waals surface area contributed by atoms with Crippen molar-refractivity contribution in [3.8, 4) is 11.1 Å². The number of hydrogen-bond acceptors (Lipinski definition) is 3.